The van der Waals surface area contributed by atoms with Crippen molar-refractivity contribution in [1.29, 1.82) is 0 Å². The molecule has 1 amide bonds. The summed E-state index contributed by atoms with van der Waals surface area (Å²) in [6.07, 6.45) is 4.76. The lowest BCUT2D eigenvalue weighted by Gasteiger charge is -1.98. The maximum Gasteiger partial charge on any atom is 0.271 e. The van der Waals surface area contributed by atoms with Crippen LogP contribution in [0.2, 0.25) is 0 Å². The highest BCUT2D eigenvalue weighted by molar-refractivity contribution is 7.13. The zero-order chi connectivity index (χ0) is 17.8. The lowest BCUT2D eigenvalue weighted by atomic mass is 10.2. The van der Waals surface area contributed by atoms with E-state index in [1.807, 2.05) is 30.3 Å². The van der Waals surface area contributed by atoms with Gasteiger partial charge in [0.15, 0.2) is 0 Å². The first-order chi connectivity index (χ1) is 12.8. The summed E-state index contributed by atoms with van der Waals surface area (Å²) in [5.41, 5.74) is 1.78. The van der Waals surface area contributed by atoms with Crippen molar-refractivity contribution in [2.45, 2.75) is 6.54 Å². The Morgan fingerprint density at radius 2 is 2.04 bits per heavy atom. The number of hydrogen-bond donors (Lipinski definition) is 1. The summed E-state index contributed by atoms with van der Waals surface area (Å²) in [6.45, 7) is 0.122. The van der Waals surface area contributed by atoms with E-state index in [0.717, 1.165) is 5.56 Å². The first kappa shape index (κ1) is 16.0. The molecule has 0 radical (unpaired) electrons. The highest BCUT2D eigenvalue weighted by atomic mass is 32.1. The molecule has 0 spiro atoms. The van der Waals surface area contributed by atoms with Crippen molar-refractivity contribution >= 4 is 17.2 Å². The smallest absolute Gasteiger partial charge is 0.271 e. The van der Waals surface area contributed by atoms with Gasteiger partial charge in [0, 0.05) is 23.3 Å². The molecule has 0 aliphatic heterocycles. The first-order valence-corrected chi connectivity index (χ1v) is 8.56. The van der Waals surface area contributed by atoms with Crippen LogP contribution >= 0.6 is 11.3 Å². The second-order valence-electron chi connectivity index (χ2n) is 5.19. The molecule has 3 heterocycles. The first-order valence-electron chi connectivity index (χ1n) is 7.68. The number of benzene rings is 1. The number of hydrogen-bond acceptors (Lipinski definition) is 8. The van der Waals surface area contributed by atoms with Crippen molar-refractivity contribution < 1.29 is 9.32 Å². The van der Waals surface area contributed by atoms with Gasteiger partial charge in [0.1, 0.15) is 16.4 Å². The number of carbonyl (C=O) groups excluding carboxylic acids is 1. The molecule has 0 unspecified atom stereocenters. The van der Waals surface area contributed by atoms with Crippen LogP contribution < -0.4 is 5.32 Å². The predicted octanol–water partition coefficient (Wildman–Crippen LogP) is 2.58. The molecule has 0 atom stereocenters. The largest absolute Gasteiger partial charge is 0.342 e. The van der Waals surface area contributed by atoms with E-state index < -0.39 is 0 Å². The van der Waals surface area contributed by atoms with Crippen molar-refractivity contribution in [2.24, 2.45) is 0 Å². The Kier molecular flexibility index (Phi) is 4.44. The number of amides is 1. The third-order valence-corrected chi connectivity index (χ3v) is 4.28. The van der Waals surface area contributed by atoms with Gasteiger partial charge in [-0.1, -0.05) is 35.5 Å². The standard InChI is InChI=1S/C17H12N6O2S/c24-16(13-10-26-17(21-13)12-8-18-6-7-19-12)20-9-14-22-15(23-25-14)11-4-2-1-3-5-11/h1-8,10H,9H2,(H,20,24). The maximum atomic E-state index is 12.2. The molecule has 0 bridgehead atoms. The fourth-order valence-electron chi connectivity index (χ4n) is 2.18. The molecule has 1 N–H and O–H groups in total. The molecule has 3 aromatic heterocycles. The number of thiazole rings is 1. The summed E-state index contributed by atoms with van der Waals surface area (Å²) in [4.78, 5) is 29.0. The molecule has 128 valence electrons. The average molecular weight is 364 g/mol. The highest BCUT2D eigenvalue weighted by Gasteiger charge is 2.14. The Balaban J connectivity index is 1.40. The second-order valence-corrected chi connectivity index (χ2v) is 6.05. The number of nitrogens with zero attached hydrogens (tertiary/aromatic N) is 5. The van der Waals surface area contributed by atoms with Crippen LogP contribution in [0.15, 0.2) is 58.8 Å². The number of nitrogens with one attached hydrogen (secondary N) is 1. The summed E-state index contributed by atoms with van der Waals surface area (Å²) >= 11 is 1.33. The predicted molar refractivity (Wildman–Crippen MR) is 94.0 cm³/mol. The zero-order valence-electron chi connectivity index (χ0n) is 13.4. The summed E-state index contributed by atoms with van der Waals surface area (Å²) in [5, 5.41) is 8.93. The molecular weight excluding hydrogens is 352 g/mol. The molecule has 0 fully saturated rings. The van der Waals surface area contributed by atoms with Gasteiger partial charge in [0.25, 0.3) is 5.91 Å². The minimum Gasteiger partial charge on any atom is -0.342 e. The normalized spacial score (nSPS) is 10.6. The third-order valence-electron chi connectivity index (χ3n) is 3.42. The van der Waals surface area contributed by atoms with Crippen LogP contribution in [0.5, 0.6) is 0 Å². The van der Waals surface area contributed by atoms with Crippen molar-refractivity contribution in [1.82, 2.24) is 30.4 Å². The van der Waals surface area contributed by atoms with E-state index in [0.29, 0.717) is 28.1 Å². The number of carbonyl (C=O) groups is 1. The van der Waals surface area contributed by atoms with Gasteiger partial charge in [0.2, 0.25) is 11.7 Å². The molecule has 0 aliphatic carbocycles. The van der Waals surface area contributed by atoms with Crippen LogP contribution in [0.3, 0.4) is 0 Å². The molecule has 26 heavy (non-hydrogen) atoms. The summed E-state index contributed by atoms with van der Waals surface area (Å²) < 4.78 is 5.17. The Morgan fingerprint density at radius 1 is 1.15 bits per heavy atom. The second kappa shape index (κ2) is 7.19. The Hall–Kier alpha value is -3.46. The maximum absolute atomic E-state index is 12.2. The lowest BCUT2D eigenvalue weighted by molar-refractivity contribution is 0.0942. The van der Waals surface area contributed by atoms with Crippen LogP contribution in [-0.2, 0) is 6.54 Å². The molecule has 9 heteroatoms. The molecule has 4 rings (SSSR count). The fourth-order valence-corrected chi connectivity index (χ4v) is 2.94. The topological polar surface area (TPSA) is 107 Å². The van der Waals surface area contributed by atoms with E-state index in [1.165, 1.54) is 11.3 Å². The van der Waals surface area contributed by atoms with Crippen molar-refractivity contribution in [2.75, 3.05) is 0 Å². The van der Waals surface area contributed by atoms with E-state index >= 15 is 0 Å². The summed E-state index contributed by atoms with van der Waals surface area (Å²) in [6, 6.07) is 9.47. The highest BCUT2D eigenvalue weighted by Crippen LogP contribution is 2.20. The van der Waals surface area contributed by atoms with Crippen LogP contribution in [0.4, 0.5) is 0 Å². The van der Waals surface area contributed by atoms with E-state index in [-0.39, 0.29) is 12.5 Å². The van der Waals surface area contributed by atoms with Gasteiger partial charge in [-0.3, -0.25) is 14.8 Å². The lowest BCUT2D eigenvalue weighted by Crippen LogP contribution is -2.23. The number of rotatable bonds is 5. The molecule has 4 aromatic rings. The monoisotopic (exact) mass is 364 g/mol. The van der Waals surface area contributed by atoms with Gasteiger partial charge in [-0.25, -0.2) is 4.98 Å². The van der Waals surface area contributed by atoms with Gasteiger partial charge in [-0.2, -0.15) is 4.98 Å². The minimum atomic E-state index is -0.323. The van der Waals surface area contributed by atoms with Gasteiger partial charge in [-0.05, 0) is 0 Å². The quantitative estimate of drug-likeness (QED) is 0.580. The summed E-state index contributed by atoms with van der Waals surface area (Å²) in [5.74, 6) is 0.478. The van der Waals surface area contributed by atoms with Gasteiger partial charge in [0.05, 0.1) is 12.7 Å². The van der Waals surface area contributed by atoms with Crippen molar-refractivity contribution in [3.8, 4) is 22.1 Å². The fraction of sp³-hybridized carbons (Fsp3) is 0.0588. The molecular formula is C17H12N6O2S. The molecule has 0 saturated heterocycles. The third kappa shape index (κ3) is 3.47. The SMILES string of the molecule is O=C(NCc1nc(-c2ccccc2)no1)c1csc(-c2cnccn2)n1. The minimum absolute atomic E-state index is 0.122. The van der Waals surface area contributed by atoms with Crippen LogP contribution in [0.25, 0.3) is 22.1 Å². The Bertz CT molecular complexity index is 1020. The summed E-state index contributed by atoms with van der Waals surface area (Å²) in [7, 11) is 0. The Labute approximate surface area is 152 Å². The van der Waals surface area contributed by atoms with E-state index in [2.05, 4.69) is 30.4 Å². The number of aromatic nitrogens is 5. The molecule has 8 nitrogen and oxygen atoms in total. The average Bonchev–Trinajstić information content (AvgIpc) is 3.37. The van der Waals surface area contributed by atoms with Crippen LogP contribution in [0, 0.1) is 0 Å². The van der Waals surface area contributed by atoms with Gasteiger partial charge >= 0.3 is 0 Å². The van der Waals surface area contributed by atoms with Gasteiger partial charge < -0.3 is 9.84 Å². The van der Waals surface area contributed by atoms with E-state index in [9.17, 15) is 4.79 Å². The molecule has 1 aromatic carbocycles. The van der Waals surface area contributed by atoms with E-state index in [1.54, 1.807) is 24.0 Å². The van der Waals surface area contributed by atoms with Crippen LogP contribution in [0.1, 0.15) is 16.4 Å². The van der Waals surface area contributed by atoms with E-state index in [4.69, 9.17) is 4.52 Å². The van der Waals surface area contributed by atoms with Gasteiger partial charge in [-0.15, -0.1) is 11.3 Å². The van der Waals surface area contributed by atoms with Crippen LogP contribution in [-0.4, -0.2) is 31.0 Å². The van der Waals surface area contributed by atoms with Crippen molar-refractivity contribution in [3.63, 3.8) is 0 Å². The molecule has 0 saturated carbocycles. The molecule has 0 aliphatic rings. The zero-order valence-corrected chi connectivity index (χ0v) is 14.2. The van der Waals surface area contributed by atoms with Crippen molar-refractivity contribution in [3.05, 3.63) is 65.9 Å². The Morgan fingerprint density at radius 3 is 2.85 bits per heavy atom.